The second-order valence-corrected chi connectivity index (χ2v) is 7.28. The molecule has 0 spiro atoms. The molecule has 4 rings (SSSR count). The molecule has 1 aromatic heterocycles. The molecule has 1 unspecified atom stereocenters. The van der Waals surface area contributed by atoms with Crippen molar-refractivity contribution in [2.75, 3.05) is 18.4 Å². The van der Waals surface area contributed by atoms with Crippen molar-refractivity contribution in [1.29, 1.82) is 0 Å². The zero-order valence-electron chi connectivity index (χ0n) is 15.4. The minimum absolute atomic E-state index is 0.0915. The van der Waals surface area contributed by atoms with E-state index in [2.05, 4.69) is 39.6 Å². The average Bonchev–Trinajstić information content (AvgIpc) is 3.12. The van der Waals surface area contributed by atoms with Crippen LogP contribution in [0, 0.1) is 5.82 Å². The number of fused-ring (bicyclic) bond motifs is 1. The van der Waals surface area contributed by atoms with Crippen molar-refractivity contribution < 1.29 is 9.18 Å². The van der Waals surface area contributed by atoms with Gasteiger partial charge in [-0.15, -0.1) is 0 Å². The van der Waals surface area contributed by atoms with Gasteiger partial charge in [0.25, 0.3) is 0 Å². The van der Waals surface area contributed by atoms with Gasteiger partial charge in [-0.2, -0.15) is 0 Å². The number of nitrogens with one attached hydrogen (secondary N) is 2. The number of amides is 1. The molecule has 0 aliphatic carbocycles. The summed E-state index contributed by atoms with van der Waals surface area (Å²) in [5.74, 6) is 0.0713. The van der Waals surface area contributed by atoms with Gasteiger partial charge in [-0.25, -0.2) is 4.39 Å². The van der Waals surface area contributed by atoms with Gasteiger partial charge in [0.1, 0.15) is 5.82 Å². The van der Waals surface area contributed by atoms with Crippen LogP contribution in [0.3, 0.4) is 0 Å². The summed E-state index contributed by atoms with van der Waals surface area (Å²) < 4.78 is 13.3. The highest BCUT2D eigenvalue weighted by Gasteiger charge is 2.28. The van der Waals surface area contributed by atoms with Crippen LogP contribution in [0.1, 0.15) is 31.2 Å². The number of carbonyl (C=O) groups excluding carboxylic acids is 1. The van der Waals surface area contributed by atoms with E-state index >= 15 is 0 Å². The Labute approximate surface area is 158 Å². The van der Waals surface area contributed by atoms with Gasteiger partial charge in [0.15, 0.2) is 0 Å². The smallest absolute Gasteiger partial charge is 0.241 e. The Bertz CT molecular complexity index is 943. The van der Waals surface area contributed by atoms with Crippen molar-refractivity contribution in [2.45, 2.75) is 31.7 Å². The SMILES string of the molecule is CC(C(=O)Nc1cccc(F)c1)N1CCC(c2c[nH]c3ccccc23)CC1. The summed E-state index contributed by atoms with van der Waals surface area (Å²) in [6.45, 7) is 3.67. The summed E-state index contributed by atoms with van der Waals surface area (Å²) in [6.07, 6.45) is 4.18. The molecule has 1 fully saturated rings. The van der Waals surface area contributed by atoms with E-state index in [0.717, 1.165) is 25.9 Å². The average molecular weight is 365 g/mol. The minimum atomic E-state index is -0.347. The van der Waals surface area contributed by atoms with Crippen LogP contribution < -0.4 is 5.32 Å². The third-order valence-electron chi connectivity index (χ3n) is 5.61. The molecule has 27 heavy (non-hydrogen) atoms. The highest BCUT2D eigenvalue weighted by Crippen LogP contribution is 2.33. The molecule has 1 aliphatic heterocycles. The van der Waals surface area contributed by atoms with Gasteiger partial charge in [-0.1, -0.05) is 24.3 Å². The second kappa shape index (κ2) is 7.53. The fourth-order valence-corrected chi connectivity index (χ4v) is 4.01. The van der Waals surface area contributed by atoms with E-state index in [9.17, 15) is 9.18 Å². The molecule has 1 atom stereocenters. The summed E-state index contributed by atoms with van der Waals surface area (Å²) >= 11 is 0. The largest absolute Gasteiger partial charge is 0.361 e. The van der Waals surface area contributed by atoms with Crippen LogP contribution in [-0.4, -0.2) is 34.9 Å². The Hall–Kier alpha value is -2.66. The van der Waals surface area contributed by atoms with Gasteiger partial charge in [0.2, 0.25) is 5.91 Å². The van der Waals surface area contributed by atoms with E-state index in [4.69, 9.17) is 0 Å². The number of aromatic amines is 1. The molecule has 1 aliphatic rings. The van der Waals surface area contributed by atoms with Crippen LogP contribution in [0.5, 0.6) is 0 Å². The van der Waals surface area contributed by atoms with E-state index in [1.165, 1.54) is 28.6 Å². The number of para-hydroxylation sites is 1. The number of hydrogen-bond donors (Lipinski definition) is 2. The van der Waals surface area contributed by atoms with Gasteiger partial charge >= 0.3 is 0 Å². The third kappa shape index (κ3) is 3.74. The van der Waals surface area contributed by atoms with Crippen molar-refractivity contribution in [3.63, 3.8) is 0 Å². The Morgan fingerprint density at radius 3 is 2.74 bits per heavy atom. The Morgan fingerprint density at radius 2 is 1.96 bits per heavy atom. The van der Waals surface area contributed by atoms with Crippen LogP contribution in [0.25, 0.3) is 10.9 Å². The lowest BCUT2D eigenvalue weighted by Gasteiger charge is -2.35. The molecular weight excluding hydrogens is 341 g/mol. The maximum absolute atomic E-state index is 13.3. The predicted molar refractivity (Wildman–Crippen MR) is 106 cm³/mol. The van der Waals surface area contributed by atoms with Gasteiger partial charge < -0.3 is 10.3 Å². The molecule has 1 amide bonds. The molecule has 2 aromatic carbocycles. The third-order valence-corrected chi connectivity index (χ3v) is 5.61. The molecule has 0 bridgehead atoms. The second-order valence-electron chi connectivity index (χ2n) is 7.28. The van der Waals surface area contributed by atoms with E-state index < -0.39 is 0 Å². The molecule has 0 radical (unpaired) electrons. The van der Waals surface area contributed by atoms with Crippen LogP contribution in [-0.2, 0) is 4.79 Å². The standard InChI is InChI=1S/C22H24FN3O/c1-15(22(27)25-18-6-4-5-17(23)13-18)26-11-9-16(10-12-26)20-14-24-21-8-3-2-7-19(20)21/h2-8,13-16,24H,9-12H2,1H3,(H,25,27). The van der Waals surface area contributed by atoms with Crippen molar-refractivity contribution in [3.05, 3.63) is 66.1 Å². The lowest BCUT2D eigenvalue weighted by molar-refractivity contribution is -0.121. The maximum Gasteiger partial charge on any atom is 0.241 e. The quantitative estimate of drug-likeness (QED) is 0.714. The first-order valence-electron chi connectivity index (χ1n) is 9.48. The van der Waals surface area contributed by atoms with Gasteiger partial charge in [-0.05, 0) is 68.6 Å². The number of benzene rings is 2. The predicted octanol–water partition coefficient (Wildman–Crippen LogP) is 4.51. The Balaban J connectivity index is 1.37. The van der Waals surface area contributed by atoms with Crippen molar-refractivity contribution >= 4 is 22.5 Å². The highest BCUT2D eigenvalue weighted by molar-refractivity contribution is 5.94. The fourth-order valence-electron chi connectivity index (χ4n) is 4.01. The number of carbonyl (C=O) groups is 1. The van der Waals surface area contributed by atoms with Crippen LogP contribution in [0.15, 0.2) is 54.7 Å². The molecule has 140 valence electrons. The van der Waals surface area contributed by atoms with E-state index in [1.807, 2.05) is 13.0 Å². The van der Waals surface area contributed by atoms with Crippen LogP contribution in [0.2, 0.25) is 0 Å². The summed E-state index contributed by atoms with van der Waals surface area (Å²) in [7, 11) is 0. The first-order valence-corrected chi connectivity index (χ1v) is 9.48. The molecular formula is C22H24FN3O. The zero-order valence-corrected chi connectivity index (χ0v) is 15.4. The van der Waals surface area contributed by atoms with Crippen molar-refractivity contribution in [2.24, 2.45) is 0 Å². The van der Waals surface area contributed by atoms with E-state index in [1.54, 1.807) is 12.1 Å². The number of piperidine rings is 1. The number of hydrogen-bond acceptors (Lipinski definition) is 2. The first kappa shape index (κ1) is 17.7. The fraction of sp³-hybridized carbons (Fsp3) is 0.318. The van der Waals surface area contributed by atoms with Gasteiger partial charge in [-0.3, -0.25) is 9.69 Å². The molecule has 2 N–H and O–H groups in total. The Morgan fingerprint density at radius 1 is 1.19 bits per heavy atom. The van der Waals surface area contributed by atoms with Crippen LogP contribution in [0.4, 0.5) is 10.1 Å². The number of anilines is 1. The van der Waals surface area contributed by atoms with E-state index in [-0.39, 0.29) is 17.8 Å². The van der Waals surface area contributed by atoms with Crippen molar-refractivity contribution in [3.8, 4) is 0 Å². The van der Waals surface area contributed by atoms with Crippen LogP contribution >= 0.6 is 0 Å². The number of H-pyrrole nitrogens is 1. The summed E-state index contributed by atoms with van der Waals surface area (Å²) in [4.78, 5) is 18.1. The molecule has 0 saturated carbocycles. The molecule has 4 nitrogen and oxygen atoms in total. The topological polar surface area (TPSA) is 48.1 Å². The maximum atomic E-state index is 13.3. The number of nitrogens with zero attached hydrogens (tertiary/aromatic N) is 1. The monoisotopic (exact) mass is 365 g/mol. The molecule has 2 heterocycles. The lowest BCUT2D eigenvalue weighted by Crippen LogP contribution is -2.45. The zero-order chi connectivity index (χ0) is 18.8. The minimum Gasteiger partial charge on any atom is -0.361 e. The lowest BCUT2D eigenvalue weighted by atomic mass is 9.88. The number of halogens is 1. The van der Waals surface area contributed by atoms with E-state index in [0.29, 0.717) is 11.6 Å². The normalized spacial score (nSPS) is 17.1. The molecule has 3 aromatic rings. The highest BCUT2D eigenvalue weighted by atomic mass is 19.1. The first-order chi connectivity index (χ1) is 13.1. The number of rotatable bonds is 4. The van der Waals surface area contributed by atoms with Gasteiger partial charge in [0, 0.05) is 22.8 Å². The summed E-state index contributed by atoms with van der Waals surface area (Å²) in [5.41, 5.74) is 3.06. The van der Waals surface area contributed by atoms with Gasteiger partial charge in [0.05, 0.1) is 6.04 Å². The summed E-state index contributed by atoms with van der Waals surface area (Å²) in [5, 5.41) is 4.12. The Kier molecular flexibility index (Phi) is 4.94. The molecule has 1 saturated heterocycles. The molecule has 5 heteroatoms. The number of aromatic nitrogens is 1. The number of likely N-dealkylation sites (tertiary alicyclic amines) is 1. The van der Waals surface area contributed by atoms with Crippen molar-refractivity contribution in [1.82, 2.24) is 9.88 Å². The summed E-state index contributed by atoms with van der Waals surface area (Å²) in [6, 6.07) is 14.2.